The molecule has 0 fully saturated rings. The van der Waals surface area contributed by atoms with E-state index in [2.05, 4.69) is 41.7 Å². The molecule has 1 N–H and O–H groups in total. The van der Waals surface area contributed by atoms with Crippen LogP contribution in [-0.4, -0.2) is 9.38 Å². The summed E-state index contributed by atoms with van der Waals surface area (Å²) < 4.78 is 7.58. The highest BCUT2D eigenvalue weighted by molar-refractivity contribution is 7.17. The van der Waals surface area contributed by atoms with Gasteiger partial charge in [0.15, 0.2) is 4.96 Å². The molecular formula is C14H17N3OS. The maximum atomic E-state index is 5.40. The standard InChI is InChI=1S/C14H17N3OS/c1-9-8-17-12(10(2)16-14(17)19-9)7-15-11(3)13-5-4-6-18-13/h4-6,8,11,15H,7H2,1-3H3/t11-/m0/s1. The summed E-state index contributed by atoms with van der Waals surface area (Å²) in [5, 5.41) is 3.48. The molecule has 0 saturated heterocycles. The van der Waals surface area contributed by atoms with Crippen molar-refractivity contribution < 1.29 is 4.42 Å². The van der Waals surface area contributed by atoms with Gasteiger partial charge in [-0.25, -0.2) is 4.98 Å². The molecule has 0 aromatic carbocycles. The predicted molar refractivity (Wildman–Crippen MR) is 76.5 cm³/mol. The molecule has 100 valence electrons. The quantitative estimate of drug-likeness (QED) is 0.793. The second-order valence-electron chi connectivity index (χ2n) is 4.76. The number of rotatable bonds is 4. The first-order chi connectivity index (χ1) is 9.15. The summed E-state index contributed by atoms with van der Waals surface area (Å²) in [5.74, 6) is 0.958. The lowest BCUT2D eigenvalue weighted by molar-refractivity contribution is 0.428. The molecule has 4 nitrogen and oxygen atoms in total. The van der Waals surface area contributed by atoms with E-state index in [1.54, 1.807) is 17.6 Å². The minimum atomic E-state index is 0.194. The molecular weight excluding hydrogens is 258 g/mol. The monoisotopic (exact) mass is 275 g/mol. The zero-order valence-corrected chi connectivity index (χ0v) is 12.1. The summed E-state index contributed by atoms with van der Waals surface area (Å²) in [6.07, 6.45) is 3.85. The van der Waals surface area contributed by atoms with E-state index in [1.807, 2.05) is 12.1 Å². The molecule has 5 heteroatoms. The molecule has 3 rings (SSSR count). The third kappa shape index (κ3) is 2.31. The summed E-state index contributed by atoms with van der Waals surface area (Å²) in [4.78, 5) is 6.94. The number of aryl methyl sites for hydroxylation is 2. The van der Waals surface area contributed by atoms with Crippen molar-refractivity contribution in [1.29, 1.82) is 0 Å². The van der Waals surface area contributed by atoms with Crippen molar-refractivity contribution in [2.75, 3.05) is 0 Å². The van der Waals surface area contributed by atoms with E-state index in [0.29, 0.717) is 0 Å². The van der Waals surface area contributed by atoms with Gasteiger partial charge in [-0.2, -0.15) is 0 Å². The van der Waals surface area contributed by atoms with E-state index in [-0.39, 0.29) is 6.04 Å². The fraction of sp³-hybridized carbons (Fsp3) is 0.357. The Hall–Kier alpha value is -1.59. The minimum Gasteiger partial charge on any atom is -0.468 e. The Kier molecular flexibility index (Phi) is 3.16. The molecule has 0 amide bonds. The molecule has 19 heavy (non-hydrogen) atoms. The first-order valence-electron chi connectivity index (χ1n) is 6.36. The van der Waals surface area contributed by atoms with Crippen molar-refractivity contribution >= 4 is 16.3 Å². The minimum absolute atomic E-state index is 0.194. The number of imidazole rings is 1. The zero-order chi connectivity index (χ0) is 13.4. The lowest BCUT2D eigenvalue weighted by Crippen LogP contribution is -2.19. The maximum absolute atomic E-state index is 5.40. The summed E-state index contributed by atoms with van der Waals surface area (Å²) in [6.45, 7) is 7.05. The van der Waals surface area contributed by atoms with E-state index >= 15 is 0 Å². The molecule has 3 aromatic rings. The zero-order valence-electron chi connectivity index (χ0n) is 11.3. The normalized spacial score (nSPS) is 13.2. The van der Waals surface area contributed by atoms with Gasteiger partial charge in [0.1, 0.15) is 5.76 Å². The van der Waals surface area contributed by atoms with Gasteiger partial charge in [-0.3, -0.25) is 4.40 Å². The molecule has 0 unspecified atom stereocenters. The third-order valence-corrected chi connectivity index (χ3v) is 4.18. The molecule has 3 aromatic heterocycles. The first kappa shape index (κ1) is 12.4. The van der Waals surface area contributed by atoms with Crippen molar-refractivity contribution in [3.8, 4) is 0 Å². The topological polar surface area (TPSA) is 42.5 Å². The molecule has 0 bridgehead atoms. The Labute approximate surface area is 116 Å². The fourth-order valence-electron chi connectivity index (χ4n) is 2.21. The van der Waals surface area contributed by atoms with Crippen LogP contribution in [-0.2, 0) is 6.54 Å². The van der Waals surface area contributed by atoms with E-state index in [9.17, 15) is 0 Å². The van der Waals surface area contributed by atoms with E-state index < -0.39 is 0 Å². The molecule has 0 radical (unpaired) electrons. The van der Waals surface area contributed by atoms with Crippen LogP contribution in [0, 0.1) is 13.8 Å². The summed E-state index contributed by atoms with van der Waals surface area (Å²) in [7, 11) is 0. The second-order valence-corrected chi connectivity index (χ2v) is 5.97. The molecule has 0 spiro atoms. The van der Waals surface area contributed by atoms with Crippen LogP contribution in [0.25, 0.3) is 4.96 Å². The van der Waals surface area contributed by atoms with E-state index in [0.717, 1.165) is 23.0 Å². The Morgan fingerprint density at radius 2 is 2.32 bits per heavy atom. The van der Waals surface area contributed by atoms with Gasteiger partial charge in [0.25, 0.3) is 0 Å². The van der Waals surface area contributed by atoms with Gasteiger partial charge >= 0.3 is 0 Å². The number of aromatic nitrogens is 2. The van der Waals surface area contributed by atoms with Gasteiger partial charge in [-0.1, -0.05) is 0 Å². The van der Waals surface area contributed by atoms with E-state index in [1.165, 1.54) is 10.6 Å². The summed E-state index contributed by atoms with van der Waals surface area (Å²) >= 11 is 1.72. The van der Waals surface area contributed by atoms with Crippen molar-refractivity contribution in [3.63, 3.8) is 0 Å². The van der Waals surface area contributed by atoms with Gasteiger partial charge in [-0.05, 0) is 32.9 Å². The molecule has 0 aliphatic rings. The van der Waals surface area contributed by atoms with Gasteiger partial charge < -0.3 is 9.73 Å². The number of hydrogen-bond donors (Lipinski definition) is 1. The van der Waals surface area contributed by atoms with Crippen molar-refractivity contribution in [2.45, 2.75) is 33.4 Å². The van der Waals surface area contributed by atoms with Crippen molar-refractivity contribution in [2.24, 2.45) is 0 Å². The summed E-state index contributed by atoms with van der Waals surface area (Å²) in [5.41, 5.74) is 2.31. The smallest absolute Gasteiger partial charge is 0.194 e. The number of thiazole rings is 1. The van der Waals surface area contributed by atoms with Crippen molar-refractivity contribution in [1.82, 2.24) is 14.7 Å². The van der Waals surface area contributed by atoms with Gasteiger partial charge in [0, 0.05) is 17.6 Å². The van der Waals surface area contributed by atoms with Gasteiger partial charge in [0.2, 0.25) is 0 Å². The van der Waals surface area contributed by atoms with Crippen LogP contribution in [0.3, 0.4) is 0 Å². The Bertz CT molecular complexity index is 681. The Morgan fingerprint density at radius 1 is 1.47 bits per heavy atom. The Morgan fingerprint density at radius 3 is 3.05 bits per heavy atom. The van der Waals surface area contributed by atoms with Gasteiger partial charge in [0.05, 0.1) is 23.7 Å². The number of fused-ring (bicyclic) bond motifs is 1. The van der Waals surface area contributed by atoms with Crippen LogP contribution in [0.15, 0.2) is 29.0 Å². The summed E-state index contributed by atoms with van der Waals surface area (Å²) in [6, 6.07) is 4.10. The largest absolute Gasteiger partial charge is 0.468 e. The highest BCUT2D eigenvalue weighted by Crippen LogP contribution is 2.21. The number of furan rings is 1. The molecule has 0 aliphatic carbocycles. The fourth-order valence-corrected chi connectivity index (χ4v) is 3.10. The molecule has 0 aliphatic heterocycles. The highest BCUT2D eigenvalue weighted by Gasteiger charge is 2.13. The van der Waals surface area contributed by atoms with Crippen molar-refractivity contribution in [3.05, 3.63) is 46.6 Å². The van der Waals surface area contributed by atoms with Crippen LogP contribution >= 0.6 is 11.3 Å². The molecule has 3 heterocycles. The van der Waals surface area contributed by atoms with Crippen LogP contribution in [0.1, 0.15) is 35.0 Å². The number of nitrogens with one attached hydrogen (secondary N) is 1. The molecule has 1 atom stereocenters. The van der Waals surface area contributed by atoms with Crippen LogP contribution in [0.5, 0.6) is 0 Å². The Balaban J connectivity index is 1.79. The lowest BCUT2D eigenvalue weighted by Gasteiger charge is -2.11. The average Bonchev–Trinajstić information content (AvgIpc) is 3.03. The first-order valence-corrected chi connectivity index (χ1v) is 7.17. The van der Waals surface area contributed by atoms with Crippen LogP contribution < -0.4 is 5.32 Å². The molecule has 0 saturated carbocycles. The highest BCUT2D eigenvalue weighted by atomic mass is 32.1. The van der Waals surface area contributed by atoms with E-state index in [4.69, 9.17) is 4.42 Å². The third-order valence-electron chi connectivity index (χ3n) is 3.29. The SMILES string of the molecule is Cc1cn2c(CN[C@@H](C)c3ccco3)c(C)nc2s1. The van der Waals surface area contributed by atoms with Gasteiger partial charge in [-0.15, -0.1) is 11.3 Å². The average molecular weight is 275 g/mol. The van der Waals surface area contributed by atoms with Crippen LogP contribution in [0.4, 0.5) is 0 Å². The maximum Gasteiger partial charge on any atom is 0.194 e. The lowest BCUT2D eigenvalue weighted by atomic mass is 10.2. The number of hydrogen-bond acceptors (Lipinski definition) is 4. The number of nitrogens with zero attached hydrogens (tertiary/aromatic N) is 2. The second kappa shape index (κ2) is 4.83. The van der Waals surface area contributed by atoms with Crippen LogP contribution in [0.2, 0.25) is 0 Å². The predicted octanol–water partition coefficient (Wildman–Crippen LogP) is 3.46.